The fraction of sp³-hybridized carbons (Fsp3) is 0.917. The van der Waals surface area contributed by atoms with Crippen molar-refractivity contribution in [2.45, 2.75) is 45.6 Å². The van der Waals surface area contributed by atoms with Crippen LogP contribution in [0.5, 0.6) is 0 Å². The quantitative estimate of drug-likeness (QED) is 0.768. The Morgan fingerprint density at radius 1 is 1.47 bits per heavy atom. The van der Waals surface area contributed by atoms with Gasteiger partial charge in [0.15, 0.2) is 0 Å². The first-order chi connectivity index (χ1) is 6.93. The van der Waals surface area contributed by atoms with E-state index in [9.17, 15) is 4.79 Å². The maximum absolute atomic E-state index is 11.4. The van der Waals surface area contributed by atoms with Crippen LogP contribution in [0.25, 0.3) is 0 Å². The smallest absolute Gasteiger partial charge is 0.223 e. The number of nitrogens with zero attached hydrogens (tertiary/aromatic N) is 1. The molecule has 0 aromatic carbocycles. The summed E-state index contributed by atoms with van der Waals surface area (Å²) in [5.74, 6) is 0.207. The molecule has 88 valence electrons. The number of carbonyl (C=O) groups excluding carboxylic acids is 1. The average Bonchev–Trinajstić information content (AvgIpc) is 2.45. The lowest BCUT2D eigenvalue weighted by Gasteiger charge is -2.28. The van der Waals surface area contributed by atoms with E-state index in [0.717, 1.165) is 6.54 Å². The van der Waals surface area contributed by atoms with Crippen molar-refractivity contribution in [2.24, 2.45) is 5.41 Å². The number of hydrogen-bond acceptors (Lipinski definition) is 2. The first-order valence-corrected chi connectivity index (χ1v) is 5.87. The fourth-order valence-corrected chi connectivity index (χ4v) is 2.28. The minimum atomic E-state index is 0.207. The Bertz CT molecular complexity index is 224. The lowest BCUT2D eigenvalue weighted by atomic mass is 9.87. The van der Waals surface area contributed by atoms with Crippen molar-refractivity contribution in [1.29, 1.82) is 0 Å². The third-order valence-electron chi connectivity index (χ3n) is 3.49. The van der Waals surface area contributed by atoms with E-state index in [1.807, 2.05) is 14.1 Å². The molecule has 3 heteroatoms. The standard InChI is InChI=1S/C12H24N2O/c1-12(2)8-5-6-10(12)13-9-7-11(15)14(3)4/h10,13H,5-9H2,1-4H3. The van der Waals surface area contributed by atoms with Crippen LogP contribution in [-0.2, 0) is 4.79 Å². The normalized spacial score (nSPS) is 24.1. The molecule has 1 atom stereocenters. The lowest BCUT2D eigenvalue weighted by molar-refractivity contribution is -0.128. The van der Waals surface area contributed by atoms with Crippen LogP contribution in [0.1, 0.15) is 39.5 Å². The molecule has 0 radical (unpaired) electrons. The maximum atomic E-state index is 11.4. The minimum absolute atomic E-state index is 0.207. The molecule has 0 aromatic rings. The third-order valence-corrected chi connectivity index (χ3v) is 3.49. The molecule has 0 spiro atoms. The number of rotatable bonds is 4. The van der Waals surface area contributed by atoms with Gasteiger partial charge in [-0.3, -0.25) is 4.79 Å². The Morgan fingerprint density at radius 2 is 2.13 bits per heavy atom. The van der Waals surface area contributed by atoms with E-state index in [1.165, 1.54) is 19.3 Å². The predicted octanol–water partition coefficient (Wildman–Crippen LogP) is 1.63. The molecule has 1 amide bonds. The highest BCUT2D eigenvalue weighted by Gasteiger charge is 2.33. The predicted molar refractivity (Wildman–Crippen MR) is 62.7 cm³/mol. The molecule has 0 bridgehead atoms. The molecule has 1 fully saturated rings. The Morgan fingerprint density at radius 3 is 2.60 bits per heavy atom. The van der Waals surface area contributed by atoms with Gasteiger partial charge in [-0.25, -0.2) is 0 Å². The highest BCUT2D eigenvalue weighted by Crippen LogP contribution is 2.36. The molecule has 1 saturated carbocycles. The third kappa shape index (κ3) is 3.49. The topological polar surface area (TPSA) is 32.3 Å². The zero-order valence-electron chi connectivity index (χ0n) is 10.5. The van der Waals surface area contributed by atoms with Crippen molar-refractivity contribution in [1.82, 2.24) is 10.2 Å². The van der Waals surface area contributed by atoms with Gasteiger partial charge in [-0.2, -0.15) is 0 Å². The SMILES string of the molecule is CN(C)C(=O)CCNC1CCCC1(C)C. The van der Waals surface area contributed by atoms with Gasteiger partial charge in [-0.15, -0.1) is 0 Å². The van der Waals surface area contributed by atoms with Gasteiger partial charge in [0.05, 0.1) is 0 Å². The zero-order valence-corrected chi connectivity index (χ0v) is 10.5. The van der Waals surface area contributed by atoms with Crippen molar-refractivity contribution >= 4 is 5.91 Å². The second-order valence-electron chi connectivity index (χ2n) is 5.43. The van der Waals surface area contributed by atoms with Crippen LogP contribution in [-0.4, -0.2) is 37.5 Å². The van der Waals surface area contributed by atoms with Crippen LogP contribution in [0.2, 0.25) is 0 Å². The molecule has 0 heterocycles. The van der Waals surface area contributed by atoms with Crippen LogP contribution in [0.15, 0.2) is 0 Å². The molecular formula is C12H24N2O. The summed E-state index contributed by atoms with van der Waals surface area (Å²) < 4.78 is 0. The van der Waals surface area contributed by atoms with Crippen LogP contribution in [0, 0.1) is 5.41 Å². The van der Waals surface area contributed by atoms with Crippen LogP contribution < -0.4 is 5.32 Å². The van der Waals surface area contributed by atoms with E-state index in [4.69, 9.17) is 0 Å². The van der Waals surface area contributed by atoms with Gasteiger partial charge in [0.25, 0.3) is 0 Å². The summed E-state index contributed by atoms with van der Waals surface area (Å²) in [4.78, 5) is 13.0. The van der Waals surface area contributed by atoms with Gasteiger partial charge in [0.2, 0.25) is 5.91 Å². The van der Waals surface area contributed by atoms with Crippen molar-refractivity contribution in [3.05, 3.63) is 0 Å². The number of nitrogens with one attached hydrogen (secondary N) is 1. The van der Waals surface area contributed by atoms with Gasteiger partial charge in [0, 0.05) is 33.1 Å². The molecule has 0 aliphatic heterocycles. The van der Waals surface area contributed by atoms with E-state index in [2.05, 4.69) is 19.2 Å². The summed E-state index contributed by atoms with van der Waals surface area (Å²) in [5, 5.41) is 3.51. The highest BCUT2D eigenvalue weighted by molar-refractivity contribution is 5.75. The van der Waals surface area contributed by atoms with Crippen molar-refractivity contribution in [3.8, 4) is 0 Å². The molecule has 1 aliphatic rings. The van der Waals surface area contributed by atoms with E-state index in [1.54, 1.807) is 4.90 Å². The van der Waals surface area contributed by atoms with E-state index < -0.39 is 0 Å². The maximum Gasteiger partial charge on any atom is 0.223 e. The van der Waals surface area contributed by atoms with Gasteiger partial charge < -0.3 is 10.2 Å². The second-order valence-corrected chi connectivity index (χ2v) is 5.43. The van der Waals surface area contributed by atoms with Crippen LogP contribution in [0.4, 0.5) is 0 Å². The monoisotopic (exact) mass is 212 g/mol. The molecule has 1 aliphatic carbocycles. The fourth-order valence-electron chi connectivity index (χ4n) is 2.28. The first kappa shape index (κ1) is 12.5. The van der Waals surface area contributed by atoms with Gasteiger partial charge in [0.1, 0.15) is 0 Å². The average molecular weight is 212 g/mol. The van der Waals surface area contributed by atoms with Crippen LogP contribution >= 0.6 is 0 Å². The minimum Gasteiger partial charge on any atom is -0.349 e. The summed E-state index contributed by atoms with van der Waals surface area (Å²) in [7, 11) is 3.61. The summed E-state index contributed by atoms with van der Waals surface area (Å²) in [6, 6.07) is 0.590. The summed E-state index contributed by atoms with van der Waals surface area (Å²) in [6.45, 7) is 5.43. The van der Waals surface area contributed by atoms with Gasteiger partial charge in [-0.1, -0.05) is 20.3 Å². The zero-order chi connectivity index (χ0) is 11.5. The van der Waals surface area contributed by atoms with Crippen molar-refractivity contribution in [3.63, 3.8) is 0 Å². The summed E-state index contributed by atoms with van der Waals surface area (Å²) in [5.41, 5.74) is 0.404. The van der Waals surface area contributed by atoms with E-state index in [-0.39, 0.29) is 5.91 Å². The Hall–Kier alpha value is -0.570. The summed E-state index contributed by atoms with van der Waals surface area (Å²) in [6.07, 6.45) is 4.47. The van der Waals surface area contributed by atoms with E-state index in [0.29, 0.717) is 17.9 Å². The van der Waals surface area contributed by atoms with Crippen molar-refractivity contribution in [2.75, 3.05) is 20.6 Å². The Kier molecular flexibility index (Phi) is 4.14. The lowest BCUT2D eigenvalue weighted by Crippen LogP contribution is -2.39. The number of hydrogen-bond donors (Lipinski definition) is 1. The summed E-state index contributed by atoms with van der Waals surface area (Å²) >= 11 is 0. The number of amides is 1. The Balaban J connectivity index is 2.23. The van der Waals surface area contributed by atoms with E-state index >= 15 is 0 Å². The molecule has 15 heavy (non-hydrogen) atoms. The second kappa shape index (κ2) is 4.97. The molecule has 0 aromatic heterocycles. The first-order valence-electron chi connectivity index (χ1n) is 5.87. The van der Waals surface area contributed by atoms with Gasteiger partial charge >= 0.3 is 0 Å². The van der Waals surface area contributed by atoms with Gasteiger partial charge in [-0.05, 0) is 18.3 Å². The largest absolute Gasteiger partial charge is 0.349 e. The molecule has 1 N–H and O–H groups in total. The molecule has 1 unspecified atom stereocenters. The molecule has 3 nitrogen and oxygen atoms in total. The molecule has 1 rings (SSSR count). The molecular weight excluding hydrogens is 188 g/mol. The van der Waals surface area contributed by atoms with Crippen LogP contribution in [0.3, 0.4) is 0 Å². The van der Waals surface area contributed by atoms with Crippen molar-refractivity contribution < 1.29 is 4.79 Å². The Labute approximate surface area is 93.2 Å². The number of carbonyl (C=O) groups is 1. The molecule has 0 saturated heterocycles. The highest BCUT2D eigenvalue weighted by atomic mass is 16.2.